The maximum atomic E-state index is 6.48. The number of aryl methyl sites for hydroxylation is 1. The lowest BCUT2D eigenvalue weighted by molar-refractivity contribution is 0.461. The molecule has 0 aliphatic heterocycles. The van der Waals surface area contributed by atoms with Gasteiger partial charge in [0.05, 0.1) is 0 Å². The number of benzene rings is 1. The van der Waals surface area contributed by atoms with Gasteiger partial charge in [-0.25, -0.2) is 4.98 Å². The predicted octanol–water partition coefficient (Wildman–Crippen LogP) is 3.47. The largest absolute Gasteiger partial charge is 0.335 e. The molecule has 19 heavy (non-hydrogen) atoms. The van der Waals surface area contributed by atoms with Gasteiger partial charge >= 0.3 is 0 Å². The van der Waals surface area contributed by atoms with E-state index in [4.69, 9.17) is 5.73 Å². The molecule has 1 aromatic heterocycles. The van der Waals surface area contributed by atoms with Crippen molar-refractivity contribution in [3.05, 3.63) is 52.5 Å². The van der Waals surface area contributed by atoms with Gasteiger partial charge in [-0.1, -0.05) is 35.0 Å². The van der Waals surface area contributed by atoms with E-state index in [0.29, 0.717) is 0 Å². The minimum Gasteiger partial charge on any atom is -0.335 e. The van der Waals surface area contributed by atoms with Crippen molar-refractivity contribution in [3.63, 3.8) is 0 Å². The number of nitrogens with two attached hydrogens (primary N) is 1. The van der Waals surface area contributed by atoms with E-state index in [0.717, 1.165) is 35.2 Å². The summed E-state index contributed by atoms with van der Waals surface area (Å²) in [6, 6.07) is 8.19. The average molecular weight is 322 g/mol. The summed E-state index contributed by atoms with van der Waals surface area (Å²) >= 11 is 3.45. The molecule has 1 atom stereocenters. The van der Waals surface area contributed by atoms with Crippen LogP contribution in [0.2, 0.25) is 0 Å². The Kier molecular flexibility index (Phi) is 4.42. The Bertz CT molecular complexity index is 529. The van der Waals surface area contributed by atoms with Crippen LogP contribution in [0.25, 0.3) is 0 Å². The summed E-state index contributed by atoms with van der Waals surface area (Å²) in [5.74, 6) is 1.05. The Hall–Kier alpha value is -1.13. The monoisotopic (exact) mass is 321 g/mol. The van der Waals surface area contributed by atoms with Crippen molar-refractivity contribution in [3.8, 4) is 0 Å². The van der Waals surface area contributed by atoms with E-state index in [1.54, 1.807) is 0 Å². The third-order valence-corrected chi connectivity index (χ3v) is 3.82. The van der Waals surface area contributed by atoms with Crippen molar-refractivity contribution in [2.24, 2.45) is 5.73 Å². The predicted molar refractivity (Wildman–Crippen MR) is 81.9 cm³/mol. The van der Waals surface area contributed by atoms with Crippen molar-refractivity contribution in [2.45, 2.75) is 38.8 Å². The molecule has 0 saturated heterocycles. The molecule has 1 unspecified atom stereocenters. The molecule has 2 N–H and O–H groups in total. The first-order valence-corrected chi connectivity index (χ1v) is 7.37. The molecule has 2 aromatic rings. The normalized spacial score (nSPS) is 14.3. The van der Waals surface area contributed by atoms with Crippen LogP contribution in [-0.2, 0) is 18.5 Å². The molecule has 0 amide bonds. The number of rotatable bonds is 5. The number of aromatic nitrogens is 2. The number of nitrogens with zero attached hydrogens (tertiary/aromatic N) is 2. The molecule has 0 aliphatic carbocycles. The Morgan fingerprint density at radius 3 is 2.63 bits per heavy atom. The topological polar surface area (TPSA) is 43.8 Å². The molecular formula is C15H20BrN3. The molecule has 102 valence electrons. The zero-order valence-corrected chi connectivity index (χ0v) is 13.0. The minimum atomic E-state index is -0.405. The smallest absolute Gasteiger partial charge is 0.110 e. The quantitative estimate of drug-likeness (QED) is 0.916. The zero-order chi connectivity index (χ0) is 13.9. The zero-order valence-electron chi connectivity index (χ0n) is 11.4. The van der Waals surface area contributed by atoms with Crippen molar-refractivity contribution >= 4 is 15.9 Å². The van der Waals surface area contributed by atoms with Crippen LogP contribution >= 0.6 is 15.9 Å². The second kappa shape index (κ2) is 5.88. The third kappa shape index (κ3) is 3.45. The standard InChI is InChI=1S/C15H20BrN3/c1-3-9-19-10-8-18-14(19)11-15(2,17)12-4-6-13(16)7-5-12/h4-8,10H,3,9,11,17H2,1-2H3. The highest BCUT2D eigenvalue weighted by atomic mass is 79.9. The van der Waals surface area contributed by atoms with Gasteiger partial charge in [0.25, 0.3) is 0 Å². The van der Waals surface area contributed by atoms with E-state index in [-0.39, 0.29) is 0 Å². The van der Waals surface area contributed by atoms with Gasteiger partial charge in [-0.05, 0) is 31.0 Å². The van der Waals surface area contributed by atoms with Gasteiger partial charge in [-0.15, -0.1) is 0 Å². The fourth-order valence-electron chi connectivity index (χ4n) is 2.21. The van der Waals surface area contributed by atoms with E-state index in [9.17, 15) is 0 Å². The van der Waals surface area contributed by atoms with E-state index in [1.807, 2.05) is 24.5 Å². The van der Waals surface area contributed by atoms with Crippen molar-refractivity contribution in [1.29, 1.82) is 0 Å². The van der Waals surface area contributed by atoms with Crippen LogP contribution < -0.4 is 5.73 Å². The van der Waals surface area contributed by atoms with Crippen LogP contribution in [-0.4, -0.2) is 9.55 Å². The van der Waals surface area contributed by atoms with Gasteiger partial charge in [-0.3, -0.25) is 0 Å². The van der Waals surface area contributed by atoms with Crippen molar-refractivity contribution in [1.82, 2.24) is 9.55 Å². The van der Waals surface area contributed by atoms with Crippen molar-refractivity contribution < 1.29 is 0 Å². The van der Waals surface area contributed by atoms with E-state index < -0.39 is 5.54 Å². The van der Waals surface area contributed by atoms with Gasteiger partial charge in [0.15, 0.2) is 0 Å². The second-order valence-electron chi connectivity index (χ2n) is 5.14. The van der Waals surface area contributed by atoms with Crippen LogP contribution in [0.5, 0.6) is 0 Å². The fourth-order valence-corrected chi connectivity index (χ4v) is 2.48. The molecule has 0 radical (unpaired) electrons. The molecule has 0 saturated carbocycles. The molecule has 0 bridgehead atoms. The maximum absolute atomic E-state index is 6.48. The number of hydrogen-bond donors (Lipinski definition) is 1. The summed E-state index contributed by atoms with van der Waals surface area (Å²) in [7, 11) is 0. The summed E-state index contributed by atoms with van der Waals surface area (Å²) < 4.78 is 3.25. The van der Waals surface area contributed by atoms with Gasteiger partial charge < -0.3 is 10.3 Å². The lowest BCUT2D eigenvalue weighted by Crippen LogP contribution is -2.36. The van der Waals surface area contributed by atoms with Gasteiger partial charge in [-0.2, -0.15) is 0 Å². The van der Waals surface area contributed by atoms with Crippen LogP contribution in [0.1, 0.15) is 31.7 Å². The molecule has 4 heteroatoms. The molecule has 0 spiro atoms. The molecule has 2 rings (SSSR count). The van der Waals surface area contributed by atoms with E-state index in [2.05, 4.69) is 51.5 Å². The van der Waals surface area contributed by atoms with Gasteiger partial charge in [0.2, 0.25) is 0 Å². The molecule has 1 heterocycles. The molecular weight excluding hydrogens is 302 g/mol. The van der Waals surface area contributed by atoms with E-state index in [1.165, 1.54) is 0 Å². The van der Waals surface area contributed by atoms with Crippen LogP contribution in [0, 0.1) is 0 Å². The third-order valence-electron chi connectivity index (χ3n) is 3.30. The average Bonchev–Trinajstić information content (AvgIpc) is 2.77. The van der Waals surface area contributed by atoms with E-state index >= 15 is 0 Å². The van der Waals surface area contributed by atoms with Crippen LogP contribution in [0.15, 0.2) is 41.1 Å². The molecule has 0 aliphatic rings. The Labute approximate surface area is 123 Å². The summed E-state index contributed by atoms with van der Waals surface area (Å²) in [4.78, 5) is 4.44. The van der Waals surface area contributed by atoms with Gasteiger partial charge in [0, 0.05) is 35.4 Å². The Balaban J connectivity index is 2.20. The lowest BCUT2D eigenvalue weighted by Gasteiger charge is -2.25. The Morgan fingerprint density at radius 2 is 2.00 bits per heavy atom. The highest BCUT2D eigenvalue weighted by Crippen LogP contribution is 2.24. The first kappa shape index (κ1) is 14.3. The van der Waals surface area contributed by atoms with Crippen LogP contribution in [0.4, 0.5) is 0 Å². The first-order chi connectivity index (χ1) is 9.03. The van der Waals surface area contributed by atoms with Crippen LogP contribution in [0.3, 0.4) is 0 Å². The highest BCUT2D eigenvalue weighted by Gasteiger charge is 2.23. The summed E-state index contributed by atoms with van der Waals surface area (Å²) in [6.07, 6.45) is 5.71. The maximum Gasteiger partial charge on any atom is 0.110 e. The summed E-state index contributed by atoms with van der Waals surface area (Å²) in [5, 5.41) is 0. The second-order valence-corrected chi connectivity index (χ2v) is 6.05. The van der Waals surface area contributed by atoms with Gasteiger partial charge in [0.1, 0.15) is 5.82 Å². The number of hydrogen-bond acceptors (Lipinski definition) is 2. The molecule has 1 aromatic carbocycles. The molecule has 0 fully saturated rings. The number of imidazole rings is 1. The summed E-state index contributed by atoms with van der Waals surface area (Å²) in [6.45, 7) is 5.22. The Morgan fingerprint density at radius 1 is 1.32 bits per heavy atom. The minimum absolute atomic E-state index is 0.405. The SMILES string of the molecule is CCCn1ccnc1CC(C)(N)c1ccc(Br)cc1. The lowest BCUT2D eigenvalue weighted by atomic mass is 9.89. The highest BCUT2D eigenvalue weighted by molar-refractivity contribution is 9.10. The van der Waals surface area contributed by atoms with Crippen molar-refractivity contribution in [2.75, 3.05) is 0 Å². The summed E-state index contributed by atoms with van der Waals surface area (Å²) in [5.41, 5.74) is 7.20. The molecule has 3 nitrogen and oxygen atoms in total. The number of halogens is 1. The fraction of sp³-hybridized carbons (Fsp3) is 0.400. The first-order valence-electron chi connectivity index (χ1n) is 6.58.